The number of fused-ring (bicyclic) bond motifs is 2. The molecule has 4 rings (SSSR count). The van der Waals surface area contributed by atoms with Crippen LogP contribution in [0.25, 0.3) is 10.1 Å². The van der Waals surface area contributed by atoms with Gasteiger partial charge in [0.25, 0.3) is 5.91 Å². The van der Waals surface area contributed by atoms with Crippen molar-refractivity contribution >= 4 is 45.0 Å². The lowest BCUT2D eigenvalue weighted by atomic mass is 10.0. The highest BCUT2D eigenvalue weighted by atomic mass is 32.1. The lowest BCUT2D eigenvalue weighted by Crippen LogP contribution is -2.41. The van der Waals surface area contributed by atoms with Crippen LogP contribution < -0.4 is 10.2 Å². The third-order valence-electron chi connectivity index (χ3n) is 5.50. The molecule has 166 valence electrons. The zero-order chi connectivity index (χ0) is 22.7. The number of ether oxygens (including phenoxy) is 1. The van der Waals surface area contributed by atoms with Crippen LogP contribution in [-0.4, -0.2) is 49.5 Å². The number of amides is 3. The molecule has 8 heteroatoms. The van der Waals surface area contributed by atoms with Gasteiger partial charge in [0.1, 0.15) is 12.6 Å². The minimum absolute atomic E-state index is 0.0498. The van der Waals surface area contributed by atoms with E-state index in [1.807, 2.05) is 61.5 Å². The van der Waals surface area contributed by atoms with E-state index in [1.165, 1.54) is 16.2 Å². The van der Waals surface area contributed by atoms with E-state index >= 15 is 0 Å². The van der Waals surface area contributed by atoms with Crippen molar-refractivity contribution in [3.8, 4) is 0 Å². The average Bonchev–Trinajstić information content (AvgIpc) is 3.25. The van der Waals surface area contributed by atoms with Crippen LogP contribution in [0.3, 0.4) is 0 Å². The van der Waals surface area contributed by atoms with Gasteiger partial charge in [0.2, 0.25) is 5.91 Å². The van der Waals surface area contributed by atoms with Gasteiger partial charge in [0, 0.05) is 36.8 Å². The van der Waals surface area contributed by atoms with Gasteiger partial charge in [0.15, 0.2) is 0 Å². The van der Waals surface area contributed by atoms with Crippen molar-refractivity contribution in [2.45, 2.75) is 19.4 Å². The van der Waals surface area contributed by atoms with Crippen molar-refractivity contribution in [2.75, 3.05) is 31.6 Å². The Hall–Kier alpha value is -3.39. The van der Waals surface area contributed by atoms with E-state index in [4.69, 9.17) is 4.74 Å². The molecule has 0 bridgehead atoms. The zero-order valence-electron chi connectivity index (χ0n) is 18.0. The highest BCUT2D eigenvalue weighted by Gasteiger charge is 2.30. The fraction of sp³-hybridized carbons (Fsp3) is 0.292. The summed E-state index contributed by atoms with van der Waals surface area (Å²) in [6, 6.07) is 17.0. The number of hydrogen-bond donors (Lipinski definition) is 1. The van der Waals surface area contributed by atoms with Crippen molar-refractivity contribution in [1.29, 1.82) is 0 Å². The number of para-hydroxylation sites is 1. The molecule has 3 amide bonds. The molecule has 7 nitrogen and oxygen atoms in total. The SMILES string of the molecule is CCNC(=O)OC1CCN(C(=O)c2cc3ccccc3s2)CC(=O)N(C)c2ccccc21. The summed E-state index contributed by atoms with van der Waals surface area (Å²) >= 11 is 1.41. The summed E-state index contributed by atoms with van der Waals surface area (Å²) in [4.78, 5) is 42.2. The number of thiophene rings is 1. The number of carbonyl (C=O) groups excluding carboxylic acids is 3. The topological polar surface area (TPSA) is 79.0 Å². The summed E-state index contributed by atoms with van der Waals surface area (Å²) in [5.74, 6) is -0.402. The third-order valence-corrected chi connectivity index (χ3v) is 6.60. The van der Waals surface area contributed by atoms with Crippen LogP contribution >= 0.6 is 11.3 Å². The predicted octanol–water partition coefficient (Wildman–Crippen LogP) is 4.20. The average molecular weight is 452 g/mol. The van der Waals surface area contributed by atoms with Gasteiger partial charge >= 0.3 is 6.09 Å². The highest BCUT2D eigenvalue weighted by Crippen LogP contribution is 2.33. The minimum Gasteiger partial charge on any atom is -0.441 e. The smallest absolute Gasteiger partial charge is 0.407 e. The number of rotatable bonds is 3. The number of alkyl carbamates (subject to hydrolysis) is 1. The molecule has 1 aliphatic heterocycles. The number of benzene rings is 2. The van der Waals surface area contributed by atoms with E-state index in [1.54, 1.807) is 11.9 Å². The number of nitrogens with zero attached hydrogens (tertiary/aromatic N) is 2. The molecule has 1 N–H and O–H groups in total. The first-order valence-corrected chi connectivity index (χ1v) is 11.4. The number of anilines is 1. The summed E-state index contributed by atoms with van der Waals surface area (Å²) in [5, 5.41) is 3.65. The quantitative estimate of drug-likeness (QED) is 0.647. The summed E-state index contributed by atoms with van der Waals surface area (Å²) < 4.78 is 6.71. The van der Waals surface area contributed by atoms with Gasteiger partial charge in [-0.2, -0.15) is 0 Å². The molecule has 2 heterocycles. The fourth-order valence-electron chi connectivity index (χ4n) is 3.83. The Labute approximate surface area is 190 Å². The van der Waals surface area contributed by atoms with Crippen LogP contribution in [0.15, 0.2) is 54.6 Å². The van der Waals surface area contributed by atoms with Gasteiger partial charge in [-0.1, -0.05) is 36.4 Å². The standard InChI is InChI=1S/C24H25N3O4S/c1-3-25-24(30)31-19-12-13-27(15-22(28)26(2)18-10-6-5-9-17(18)19)23(29)21-14-16-8-4-7-11-20(16)32-21/h4-11,14,19H,3,12-13,15H2,1-2H3,(H,25,30). The molecular weight excluding hydrogens is 426 g/mol. The summed E-state index contributed by atoms with van der Waals surface area (Å²) in [6.07, 6.45) is -0.738. The lowest BCUT2D eigenvalue weighted by molar-refractivity contribution is -0.119. The molecule has 0 spiro atoms. The van der Waals surface area contributed by atoms with Crippen LogP contribution in [0.1, 0.15) is 34.7 Å². The maximum Gasteiger partial charge on any atom is 0.407 e. The fourth-order valence-corrected chi connectivity index (χ4v) is 4.86. The Morgan fingerprint density at radius 2 is 1.91 bits per heavy atom. The van der Waals surface area contributed by atoms with E-state index in [9.17, 15) is 14.4 Å². The molecule has 0 fully saturated rings. The van der Waals surface area contributed by atoms with Crippen LogP contribution in [0.5, 0.6) is 0 Å². The van der Waals surface area contributed by atoms with Gasteiger partial charge in [0.05, 0.1) is 10.6 Å². The van der Waals surface area contributed by atoms with Crippen molar-refractivity contribution in [3.05, 3.63) is 65.0 Å². The normalized spacial score (nSPS) is 16.7. The van der Waals surface area contributed by atoms with E-state index < -0.39 is 12.2 Å². The van der Waals surface area contributed by atoms with Crippen LogP contribution in [0, 0.1) is 0 Å². The molecule has 1 aliphatic rings. The van der Waals surface area contributed by atoms with E-state index in [0.29, 0.717) is 23.5 Å². The summed E-state index contributed by atoms with van der Waals surface area (Å²) in [5.41, 5.74) is 1.41. The van der Waals surface area contributed by atoms with E-state index in [-0.39, 0.29) is 24.9 Å². The van der Waals surface area contributed by atoms with E-state index in [2.05, 4.69) is 5.32 Å². The molecule has 1 aromatic heterocycles. The van der Waals surface area contributed by atoms with Gasteiger partial charge in [-0.25, -0.2) is 4.79 Å². The van der Waals surface area contributed by atoms with E-state index in [0.717, 1.165) is 15.6 Å². The molecule has 1 unspecified atom stereocenters. The first-order chi connectivity index (χ1) is 15.5. The van der Waals surface area contributed by atoms with Crippen LogP contribution in [0.4, 0.5) is 10.5 Å². The monoisotopic (exact) mass is 451 g/mol. The Morgan fingerprint density at radius 1 is 1.16 bits per heavy atom. The second-order valence-corrected chi connectivity index (χ2v) is 8.68. The number of likely N-dealkylation sites (N-methyl/N-ethyl adjacent to an activating group) is 1. The Balaban J connectivity index is 1.65. The number of hydrogen-bond acceptors (Lipinski definition) is 5. The van der Waals surface area contributed by atoms with Crippen molar-refractivity contribution < 1.29 is 19.1 Å². The Morgan fingerprint density at radius 3 is 2.69 bits per heavy atom. The van der Waals surface area contributed by atoms with Gasteiger partial charge in [-0.05, 0) is 30.5 Å². The second-order valence-electron chi connectivity index (χ2n) is 7.60. The van der Waals surface area contributed by atoms with Gasteiger partial charge < -0.3 is 19.9 Å². The Kier molecular flexibility index (Phi) is 6.41. The van der Waals surface area contributed by atoms with Gasteiger partial charge in [-0.15, -0.1) is 11.3 Å². The molecule has 3 aromatic rings. The second kappa shape index (κ2) is 9.40. The third kappa shape index (κ3) is 4.45. The van der Waals surface area contributed by atoms with Crippen LogP contribution in [0.2, 0.25) is 0 Å². The van der Waals surface area contributed by atoms with Crippen molar-refractivity contribution in [3.63, 3.8) is 0 Å². The highest BCUT2D eigenvalue weighted by molar-refractivity contribution is 7.20. The largest absolute Gasteiger partial charge is 0.441 e. The predicted molar refractivity (Wildman–Crippen MR) is 125 cm³/mol. The maximum absolute atomic E-state index is 13.3. The number of carbonyl (C=O) groups is 3. The van der Waals surface area contributed by atoms with Crippen molar-refractivity contribution in [2.24, 2.45) is 0 Å². The summed E-state index contributed by atoms with van der Waals surface area (Å²) in [6.45, 7) is 2.50. The molecule has 2 aromatic carbocycles. The Bertz CT molecular complexity index is 1130. The zero-order valence-corrected chi connectivity index (χ0v) is 18.9. The molecule has 0 radical (unpaired) electrons. The van der Waals surface area contributed by atoms with Crippen LogP contribution in [-0.2, 0) is 9.53 Å². The van der Waals surface area contributed by atoms with Crippen molar-refractivity contribution in [1.82, 2.24) is 10.2 Å². The van der Waals surface area contributed by atoms with Gasteiger partial charge in [-0.3, -0.25) is 9.59 Å². The molecular formula is C24H25N3O4S. The molecule has 0 aliphatic carbocycles. The summed E-state index contributed by atoms with van der Waals surface area (Å²) in [7, 11) is 1.68. The molecule has 0 saturated heterocycles. The number of nitrogens with one attached hydrogen (secondary N) is 1. The first kappa shape index (κ1) is 21.8. The lowest BCUT2D eigenvalue weighted by Gasteiger charge is -2.23. The molecule has 0 saturated carbocycles. The molecule has 1 atom stereocenters. The maximum atomic E-state index is 13.3. The minimum atomic E-state index is -0.594. The first-order valence-electron chi connectivity index (χ1n) is 10.6. The molecule has 32 heavy (non-hydrogen) atoms.